The monoisotopic (exact) mass is 642 g/mol. The van der Waals surface area contributed by atoms with Crippen LogP contribution in [0.3, 0.4) is 0 Å². The summed E-state index contributed by atoms with van der Waals surface area (Å²) in [5, 5.41) is 26.9. The molecule has 5 rings (SSSR count). The summed E-state index contributed by atoms with van der Waals surface area (Å²) in [4.78, 5) is 34.9. The number of anilines is 1. The van der Waals surface area contributed by atoms with Gasteiger partial charge in [-0.25, -0.2) is 9.97 Å². The fourth-order valence-corrected chi connectivity index (χ4v) is 4.82. The number of carbonyl (C=O) groups is 2. The number of phenolic OH excluding ortho intramolecular Hbond substituents is 1. The lowest BCUT2D eigenvalue weighted by atomic mass is 9.96. The molecule has 3 aromatic carbocycles. The number of phenols is 1. The molecule has 2 aromatic heterocycles. The molecule has 228 valence electrons. The largest absolute Gasteiger partial charge is 0.507 e. The van der Waals surface area contributed by atoms with Crippen molar-refractivity contribution >= 4 is 41.6 Å². The van der Waals surface area contributed by atoms with Crippen LogP contribution in [0.2, 0.25) is 5.02 Å². The number of para-hydroxylation sites is 1. The Morgan fingerprint density at radius 2 is 1.87 bits per heavy atom. The first-order valence-electron chi connectivity index (χ1n) is 13.6. The summed E-state index contributed by atoms with van der Waals surface area (Å²) in [6, 6.07) is 21.8. The zero-order valence-electron chi connectivity index (χ0n) is 24.0. The molecule has 0 radical (unpaired) electrons. The number of imidazole rings is 1. The first-order chi connectivity index (χ1) is 21.4. The Balaban J connectivity index is 0.00000461. The third kappa shape index (κ3) is 7.59. The van der Waals surface area contributed by atoms with Crippen molar-refractivity contribution in [1.82, 2.24) is 19.9 Å². The van der Waals surface area contributed by atoms with Crippen molar-refractivity contribution in [3.05, 3.63) is 113 Å². The summed E-state index contributed by atoms with van der Waals surface area (Å²) >= 11 is 6.06. The third-order valence-corrected chi connectivity index (χ3v) is 7.06. The van der Waals surface area contributed by atoms with Crippen LogP contribution in [0.4, 0.5) is 5.82 Å². The van der Waals surface area contributed by atoms with E-state index in [0.717, 1.165) is 0 Å². The van der Waals surface area contributed by atoms with Crippen molar-refractivity contribution in [2.75, 3.05) is 19.0 Å². The molecule has 0 unspecified atom stereocenters. The minimum absolute atomic E-state index is 0. The van der Waals surface area contributed by atoms with Gasteiger partial charge in [0.2, 0.25) is 0 Å². The van der Waals surface area contributed by atoms with Crippen molar-refractivity contribution in [2.24, 2.45) is 0 Å². The highest BCUT2D eigenvalue weighted by Gasteiger charge is 2.21. The van der Waals surface area contributed by atoms with Gasteiger partial charge in [0.05, 0.1) is 24.7 Å². The molecule has 2 heterocycles. The van der Waals surface area contributed by atoms with Crippen molar-refractivity contribution in [3.8, 4) is 40.0 Å². The molecule has 5 aromatic rings. The number of carbonyl (C=O) groups excluding carboxylic acids is 2. The minimum Gasteiger partial charge on any atom is -0.507 e. The quantitative estimate of drug-likeness (QED) is 0.151. The molecule has 0 saturated heterocycles. The molecule has 0 atom stereocenters. The molecular weight excluding hydrogens is 615 g/mol. The number of hydrogen-bond acceptors (Lipinski definition) is 7. The van der Waals surface area contributed by atoms with E-state index < -0.39 is 5.91 Å². The van der Waals surface area contributed by atoms with E-state index in [1.165, 1.54) is 13.2 Å². The first kappa shape index (κ1) is 32.5. The van der Waals surface area contributed by atoms with Crippen molar-refractivity contribution in [3.63, 3.8) is 0 Å². The minimum atomic E-state index is -0.543. The van der Waals surface area contributed by atoms with Crippen molar-refractivity contribution in [2.45, 2.75) is 13.0 Å². The lowest BCUT2D eigenvalue weighted by Gasteiger charge is -2.15. The molecule has 10 nitrogen and oxygen atoms in total. The van der Waals surface area contributed by atoms with E-state index in [1.807, 2.05) is 10.8 Å². The Morgan fingerprint density at radius 3 is 2.60 bits per heavy atom. The first-order valence-corrected chi connectivity index (χ1v) is 14.0. The lowest BCUT2D eigenvalue weighted by Crippen LogP contribution is -2.25. The maximum atomic E-state index is 13.3. The normalized spacial score (nSPS) is 10.3. The van der Waals surface area contributed by atoms with Gasteiger partial charge in [-0.1, -0.05) is 35.9 Å². The average molecular weight is 644 g/mol. The van der Waals surface area contributed by atoms with Crippen LogP contribution in [0.1, 0.15) is 32.7 Å². The van der Waals surface area contributed by atoms with E-state index in [1.54, 1.807) is 79.3 Å². The van der Waals surface area contributed by atoms with E-state index in [9.17, 15) is 20.0 Å². The fourth-order valence-electron chi connectivity index (χ4n) is 4.66. The number of pyridine rings is 1. The van der Waals surface area contributed by atoms with Gasteiger partial charge in [-0.2, -0.15) is 5.26 Å². The van der Waals surface area contributed by atoms with Crippen LogP contribution in [0, 0.1) is 11.3 Å². The second-order valence-corrected chi connectivity index (χ2v) is 10.1. The molecule has 0 fully saturated rings. The Kier molecular flexibility index (Phi) is 10.8. The number of nitrogens with one attached hydrogen (secondary N) is 2. The number of benzene rings is 3. The summed E-state index contributed by atoms with van der Waals surface area (Å²) in [5.74, 6) is -0.630. The second kappa shape index (κ2) is 14.9. The van der Waals surface area contributed by atoms with Gasteiger partial charge in [-0.05, 0) is 60.5 Å². The van der Waals surface area contributed by atoms with Crippen LogP contribution in [-0.2, 0) is 6.54 Å². The van der Waals surface area contributed by atoms with Crippen LogP contribution in [0.5, 0.6) is 11.5 Å². The number of aromatic hydroxyl groups is 1. The number of amides is 2. The maximum Gasteiger partial charge on any atom is 0.260 e. The van der Waals surface area contributed by atoms with E-state index in [0.29, 0.717) is 52.5 Å². The van der Waals surface area contributed by atoms with Gasteiger partial charge in [0.1, 0.15) is 23.1 Å². The molecule has 0 aliphatic rings. The lowest BCUT2D eigenvalue weighted by molar-refractivity contribution is 0.0951. The number of halogens is 2. The summed E-state index contributed by atoms with van der Waals surface area (Å²) in [7, 11) is 1.45. The summed E-state index contributed by atoms with van der Waals surface area (Å²) in [6.45, 7) is 1.17. The smallest absolute Gasteiger partial charge is 0.260 e. The molecule has 12 heteroatoms. The van der Waals surface area contributed by atoms with Gasteiger partial charge < -0.3 is 25.0 Å². The number of nitriles is 1. The van der Waals surface area contributed by atoms with Crippen LogP contribution < -0.4 is 15.4 Å². The number of hydrogen-bond donors (Lipinski definition) is 3. The number of methoxy groups -OCH3 is 1. The highest BCUT2D eigenvalue weighted by Crippen LogP contribution is 2.37. The molecular formula is C33H28Cl2N6O4. The van der Waals surface area contributed by atoms with Gasteiger partial charge in [0.25, 0.3) is 11.8 Å². The number of nitrogens with zero attached hydrogens (tertiary/aromatic N) is 4. The Hall–Kier alpha value is -5.37. The summed E-state index contributed by atoms with van der Waals surface area (Å²) in [6.07, 6.45) is 6.00. The second-order valence-electron chi connectivity index (χ2n) is 9.70. The fraction of sp³-hybridized carbons (Fsp3) is 0.121. The molecule has 0 aliphatic heterocycles. The molecule has 45 heavy (non-hydrogen) atoms. The Morgan fingerprint density at radius 1 is 1.04 bits per heavy atom. The van der Waals surface area contributed by atoms with Crippen molar-refractivity contribution in [1.29, 1.82) is 5.26 Å². The average Bonchev–Trinajstić information content (AvgIpc) is 3.56. The van der Waals surface area contributed by atoms with Crippen LogP contribution in [0.25, 0.3) is 22.4 Å². The van der Waals surface area contributed by atoms with Crippen LogP contribution in [-0.4, -0.2) is 45.1 Å². The zero-order valence-corrected chi connectivity index (χ0v) is 25.6. The SMILES string of the molecule is COc1ccccc1C(=O)Nc1nc(-c2ccc(Cl)cc2O)cc(-c2cccc(C(=O)NCCCn3ccnc3)c2)c1C#N.Cl. The number of aromatic nitrogens is 3. The van der Waals surface area contributed by atoms with E-state index >= 15 is 0 Å². The summed E-state index contributed by atoms with van der Waals surface area (Å²) in [5.41, 5.74) is 2.25. The highest BCUT2D eigenvalue weighted by molar-refractivity contribution is 6.30. The molecule has 0 spiro atoms. The number of rotatable bonds is 10. The zero-order chi connectivity index (χ0) is 31.1. The topological polar surface area (TPSA) is 142 Å². The molecule has 0 saturated carbocycles. The van der Waals surface area contributed by atoms with Gasteiger partial charge in [0, 0.05) is 47.2 Å². The highest BCUT2D eigenvalue weighted by atomic mass is 35.5. The predicted molar refractivity (Wildman–Crippen MR) is 174 cm³/mol. The Bertz CT molecular complexity index is 1870. The maximum absolute atomic E-state index is 13.3. The predicted octanol–water partition coefficient (Wildman–Crippen LogP) is 6.35. The molecule has 2 amide bonds. The Labute approximate surface area is 270 Å². The van der Waals surface area contributed by atoms with Crippen LogP contribution >= 0.6 is 24.0 Å². The van der Waals surface area contributed by atoms with Crippen molar-refractivity contribution < 1.29 is 19.4 Å². The van der Waals surface area contributed by atoms with E-state index in [-0.39, 0.29) is 46.7 Å². The van der Waals surface area contributed by atoms with Gasteiger partial charge >= 0.3 is 0 Å². The molecule has 0 bridgehead atoms. The standard InChI is InChI=1S/C33H27ClN6O4.ClH/c1-44-30-9-3-2-8-25(30)33(43)39-31-27(19-35)26(18-28(38-31)24-11-10-23(34)17-29(24)41)21-6-4-7-22(16-21)32(42)37-12-5-14-40-15-13-36-20-40;/h2-4,6-11,13,15-18,20,41H,5,12,14H2,1H3,(H,37,42)(H,38,39,43);1H. The summed E-state index contributed by atoms with van der Waals surface area (Å²) < 4.78 is 7.26. The third-order valence-electron chi connectivity index (χ3n) is 6.82. The van der Waals surface area contributed by atoms with Gasteiger partial charge in [-0.15, -0.1) is 12.4 Å². The number of ether oxygens (including phenoxy) is 1. The van der Waals surface area contributed by atoms with E-state index in [4.69, 9.17) is 16.3 Å². The number of aryl methyl sites for hydroxylation is 1. The van der Waals surface area contributed by atoms with E-state index in [2.05, 4.69) is 26.7 Å². The van der Waals surface area contributed by atoms with Gasteiger partial charge in [0.15, 0.2) is 5.82 Å². The van der Waals surface area contributed by atoms with Crippen LogP contribution in [0.15, 0.2) is 91.5 Å². The molecule has 0 aliphatic carbocycles. The molecule has 3 N–H and O–H groups in total. The van der Waals surface area contributed by atoms with Gasteiger partial charge in [-0.3, -0.25) is 9.59 Å².